The highest BCUT2D eigenvalue weighted by Crippen LogP contribution is 1.98. The quantitative estimate of drug-likeness (QED) is 0.151. The SMILES string of the molecule is NC(N)=NCCC[C@H](N)C(=O)OCS(=O)[O-]. The number of carbonyl (C=O) groups excluding carboxylic acids is 1. The van der Waals surface area contributed by atoms with Gasteiger partial charge in [-0.2, -0.15) is 0 Å². The number of nitrogens with two attached hydrogens (primary N) is 3. The van der Waals surface area contributed by atoms with Gasteiger partial charge in [-0.1, -0.05) is 0 Å². The second-order valence-corrected chi connectivity index (χ2v) is 3.78. The first-order valence-corrected chi connectivity index (χ1v) is 5.71. The number of guanidine groups is 1. The van der Waals surface area contributed by atoms with Crippen molar-refractivity contribution in [2.75, 3.05) is 12.5 Å². The van der Waals surface area contributed by atoms with Crippen molar-refractivity contribution in [3.8, 4) is 0 Å². The Morgan fingerprint density at radius 3 is 2.62 bits per heavy atom. The normalized spacial score (nSPS) is 13.9. The lowest BCUT2D eigenvalue weighted by molar-refractivity contribution is -0.143. The van der Waals surface area contributed by atoms with E-state index in [4.69, 9.17) is 17.2 Å². The van der Waals surface area contributed by atoms with Gasteiger partial charge in [-0.05, 0) is 23.9 Å². The third-order valence-corrected chi connectivity index (χ3v) is 1.88. The van der Waals surface area contributed by atoms with Crippen molar-refractivity contribution in [3.63, 3.8) is 0 Å². The number of ether oxygens (including phenoxy) is 1. The molecule has 0 fully saturated rings. The van der Waals surface area contributed by atoms with Crippen molar-refractivity contribution in [1.29, 1.82) is 0 Å². The fourth-order valence-electron chi connectivity index (χ4n) is 0.850. The Morgan fingerprint density at radius 1 is 1.50 bits per heavy atom. The van der Waals surface area contributed by atoms with E-state index in [9.17, 15) is 13.6 Å². The number of hydrogen-bond donors (Lipinski definition) is 3. The molecule has 0 aliphatic rings. The average Bonchev–Trinajstić information content (AvgIpc) is 2.20. The highest BCUT2D eigenvalue weighted by molar-refractivity contribution is 7.78. The van der Waals surface area contributed by atoms with Crippen LogP contribution in [0.5, 0.6) is 0 Å². The minimum absolute atomic E-state index is 0.0297. The summed E-state index contributed by atoms with van der Waals surface area (Å²) in [6.45, 7) is 0.358. The molecule has 0 aromatic heterocycles. The molecule has 8 nitrogen and oxygen atoms in total. The van der Waals surface area contributed by atoms with Gasteiger partial charge >= 0.3 is 5.97 Å². The van der Waals surface area contributed by atoms with Crippen molar-refractivity contribution >= 4 is 23.0 Å². The Balaban J connectivity index is 3.71. The Kier molecular flexibility index (Phi) is 7.42. The van der Waals surface area contributed by atoms with E-state index in [0.29, 0.717) is 19.4 Å². The fraction of sp³-hybridized carbons (Fsp3) is 0.714. The topological polar surface area (TPSA) is 157 Å². The Hall–Kier alpha value is -1.19. The molecule has 0 aromatic rings. The molecule has 2 atom stereocenters. The lowest BCUT2D eigenvalue weighted by Crippen LogP contribution is -2.33. The average molecular weight is 251 g/mol. The van der Waals surface area contributed by atoms with Gasteiger partial charge in [-0.3, -0.25) is 14.0 Å². The number of esters is 1. The zero-order valence-corrected chi connectivity index (χ0v) is 9.44. The van der Waals surface area contributed by atoms with E-state index in [0.717, 1.165) is 0 Å². The summed E-state index contributed by atoms with van der Waals surface area (Å²) >= 11 is -2.42. The second kappa shape index (κ2) is 8.02. The third kappa shape index (κ3) is 8.15. The summed E-state index contributed by atoms with van der Waals surface area (Å²) in [5, 5.41) is 0. The summed E-state index contributed by atoms with van der Waals surface area (Å²) in [4.78, 5) is 14.8. The van der Waals surface area contributed by atoms with Crippen molar-refractivity contribution in [2.24, 2.45) is 22.2 Å². The fourth-order valence-corrected chi connectivity index (χ4v) is 1.06. The first-order chi connectivity index (χ1) is 7.43. The van der Waals surface area contributed by atoms with Gasteiger partial charge in [0.25, 0.3) is 0 Å². The maximum atomic E-state index is 11.1. The summed E-state index contributed by atoms with van der Waals surface area (Å²) in [7, 11) is 0. The van der Waals surface area contributed by atoms with Gasteiger partial charge in [-0.25, -0.2) is 0 Å². The molecule has 16 heavy (non-hydrogen) atoms. The summed E-state index contributed by atoms with van der Waals surface area (Å²) in [6, 6.07) is -0.863. The minimum Gasteiger partial charge on any atom is -0.770 e. The van der Waals surface area contributed by atoms with Gasteiger partial charge in [0.15, 0.2) is 11.9 Å². The molecule has 0 bridgehead atoms. The highest BCUT2D eigenvalue weighted by Gasteiger charge is 2.14. The van der Waals surface area contributed by atoms with Crippen LogP contribution in [0.1, 0.15) is 12.8 Å². The molecular weight excluding hydrogens is 236 g/mol. The monoisotopic (exact) mass is 251 g/mol. The second-order valence-electron chi connectivity index (χ2n) is 2.94. The molecule has 0 aliphatic carbocycles. The number of aliphatic imine (C=N–C) groups is 1. The minimum atomic E-state index is -2.42. The maximum Gasteiger partial charge on any atom is 0.323 e. The van der Waals surface area contributed by atoms with Crippen LogP contribution in [0.15, 0.2) is 4.99 Å². The van der Waals surface area contributed by atoms with E-state index in [1.54, 1.807) is 0 Å². The molecule has 0 aliphatic heterocycles. The number of rotatable bonds is 7. The molecule has 0 amide bonds. The van der Waals surface area contributed by atoms with Crippen LogP contribution < -0.4 is 17.2 Å². The molecule has 6 N–H and O–H groups in total. The summed E-state index contributed by atoms with van der Waals surface area (Å²) in [5.41, 5.74) is 15.6. The van der Waals surface area contributed by atoms with Crippen LogP contribution in [0.2, 0.25) is 0 Å². The van der Waals surface area contributed by atoms with Crippen molar-refractivity contribution < 1.29 is 18.3 Å². The van der Waals surface area contributed by atoms with Crippen LogP contribution >= 0.6 is 0 Å². The highest BCUT2D eigenvalue weighted by atomic mass is 32.2. The molecular formula is C7H15N4O4S-. The summed E-state index contributed by atoms with van der Waals surface area (Å²) in [6.07, 6.45) is 0.829. The van der Waals surface area contributed by atoms with E-state index in [1.165, 1.54) is 0 Å². The number of carbonyl (C=O) groups is 1. The molecule has 0 radical (unpaired) electrons. The van der Waals surface area contributed by atoms with Gasteiger partial charge < -0.3 is 26.5 Å². The van der Waals surface area contributed by atoms with Crippen LogP contribution in [-0.2, 0) is 20.6 Å². The molecule has 0 heterocycles. The first-order valence-electron chi connectivity index (χ1n) is 4.47. The first kappa shape index (κ1) is 14.8. The number of nitrogens with zero attached hydrogens (tertiary/aromatic N) is 1. The van der Waals surface area contributed by atoms with Gasteiger partial charge in [0.05, 0.1) is 0 Å². The number of hydrogen-bond acceptors (Lipinski definition) is 6. The van der Waals surface area contributed by atoms with E-state index in [1.807, 2.05) is 0 Å². The third-order valence-electron chi connectivity index (χ3n) is 1.57. The molecule has 0 spiro atoms. The van der Waals surface area contributed by atoms with Crippen LogP contribution in [0, 0.1) is 0 Å². The van der Waals surface area contributed by atoms with Crippen molar-refractivity contribution in [1.82, 2.24) is 0 Å². The van der Waals surface area contributed by atoms with Crippen LogP contribution in [0.3, 0.4) is 0 Å². The van der Waals surface area contributed by atoms with E-state index in [-0.39, 0.29) is 5.96 Å². The molecule has 94 valence electrons. The molecule has 0 rings (SSSR count). The lowest BCUT2D eigenvalue weighted by atomic mass is 10.2. The van der Waals surface area contributed by atoms with Gasteiger partial charge in [-0.15, -0.1) is 0 Å². The van der Waals surface area contributed by atoms with Crippen LogP contribution in [0.4, 0.5) is 0 Å². The van der Waals surface area contributed by atoms with Gasteiger partial charge in [0, 0.05) is 6.54 Å². The Labute approximate surface area is 95.5 Å². The molecule has 1 unspecified atom stereocenters. The summed E-state index contributed by atoms with van der Waals surface area (Å²) in [5.74, 6) is -1.47. The molecule has 0 aromatic carbocycles. The van der Waals surface area contributed by atoms with Gasteiger partial charge in [0.1, 0.15) is 6.04 Å². The van der Waals surface area contributed by atoms with Crippen LogP contribution in [0.25, 0.3) is 0 Å². The standard InChI is InChI=1S/C7H16N4O4S/c8-5(2-1-3-11-7(9)10)6(12)15-4-16(13)14/h5H,1-4,8H2,(H,13,14)(H4,9,10,11)/p-1/t5-/m0/s1. The Bertz CT molecular complexity index is 280. The van der Waals surface area contributed by atoms with E-state index in [2.05, 4.69) is 9.73 Å². The summed E-state index contributed by atoms with van der Waals surface area (Å²) < 4.78 is 24.6. The largest absolute Gasteiger partial charge is 0.770 e. The zero-order chi connectivity index (χ0) is 12.6. The molecule has 9 heteroatoms. The Morgan fingerprint density at radius 2 is 2.12 bits per heavy atom. The van der Waals surface area contributed by atoms with Crippen molar-refractivity contribution in [2.45, 2.75) is 18.9 Å². The predicted molar refractivity (Wildman–Crippen MR) is 57.8 cm³/mol. The zero-order valence-electron chi connectivity index (χ0n) is 8.63. The molecule has 0 saturated heterocycles. The maximum absolute atomic E-state index is 11.1. The van der Waals surface area contributed by atoms with Gasteiger partial charge in [0.2, 0.25) is 0 Å². The van der Waals surface area contributed by atoms with Crippen molar-refractivity contribution in [3.05, 3.63) is 0 Å². The van der Waals surface area contributed by atoms with Crippen LogP contribution in [-0.4, -0.2) is 39.2 Å². The molecule has 0 saturated carbocycles. The van der Waals surface area contributed by atoms with E-state index >= 15 is 0 Å². The lowest BCUT2D eigenvalue weighted by Gasteiger charge is -2.11. The predicted octanol–water partition coefficient (Wildman–Crippen LogP) is -2.25. The smallest absolute Gasteiger partial charge is 0.323 e. The van der Waals surface area contributed by atoms with E-state index < -0.39 is 29.0 Å².